The summed E-state index contributed by atoms with van der Waals surface area (Å²) < 4.78 is 25.6. The number of carbonyl (C=O) groups is 2. The molecule has 1 aromatic carbocycles. The van der Waals surface area contributed by atoms with E-state index in [-0.39, 0.29) is 23.2 Å². The molecule has 5 nitrogen and oxygen atoms in total. The van der Waals surface area contributed by atoms with Crippen LogP contribution in [0.25, 0.3) is 0 Å². The minimum absolute atomic E-state index is 0.0914. The van der Waals surface area contributed by atoms with Gasteiger partial charge in [-0.1, -0.05) is 18.2 Å². The van der Waals surface area contributed by atoms with Gasteiger partial charge in [-0.3, -0.25) is 9.59 Å². The summed E-state index contributed by atoms with van der Waals surface area (Å²) in [6, 6.07) is 8.52. The highest BCUT2D eigenvalue weighted by Gasteiger charge is 2.15. The molecule has 2 N–H and O–H groups in total. The molecule has 132 valence electrons. The standard InChI is InChI=1S/C18H19F2N3O2/c1-10-7-15(9-16(21-10)23-12(3)24)18(25)22-11(2)13-5-4-6-14(8-13)17(19)20/h4-9,11,17H,1-3H3,(H,22,25)(H,21,23,24). The summed E-state index contributed by atoms with van der Waals surface area (Å²) in [4.78, 5) is 27.7. The number of rotatable bonds is 5. The Morgan fingerprint density at radius 2 is 1.80 bits per heavy atom. The minimum atomic E-state index is -2.56. The molecule has 1 atom stereocenters. The largest absolute Gasteiger partial charge is 0.346 e. The van der Waals surface area contributed by atoms with Crippen LogP contribution in [-0.4, -0.2) is 16.8 Å². The van der Waals surface area contributed by atoms with Crippen molar-refractivity contribution < 1.29 is 18.4 Å². The van der Waals surface area contributed by atoms with E-state index in [2.05, 4.69) is 15.6 Å². The molecule has 0 fully saturated rings. The Bertz CT molecular complexity index is 794. The summed E-state index contributed by atoms with van der Waals surface area (Å²) in [5.74, 6) is -0.390. The summed E-state index contributed by atoms with van der Waals surface area (Å²) in [6.45, 7) is 4.77. The van der Waals surface area contributed by atoms with E-state index in [1.807, 2.05) is 0 Å². The highest BCUT2D eigenvalue weighted by atomic mass is 19.3. The highest BCUT2D eigenvalue weighted by Crippen LogP contribution is 2.22. The first kappa shape index (κ1) is 18.5. The molecule has 1 heterocycles. The van der Waals surface area contributed by atoms with Gasteiger partial charge in [-0.25, -0.2) is 13.8 Å². The van der Waals surface area contributed by atoms with Gasteiger partial charge in [-0.05, 0) is 37.6 Å². The summed E-state index contributed by atoms with van der Waals surface area (Å²) in [7, 11) is 0. The summed E-state index contributed by atoms with van der Waals surface area (Å²) >= 11 is 0. The average molecular weight is 347 g/mol. The van der Waals surface area contributed by atoms with E-state index < -0.39 is 12.5 Å². The van der Waals surface area contributed by atoms with Gasteiger partial charge in [0, 0.05) is 23.7 Å². The zero-order chi connectivity index (χ0) is 18.6. The third kappa shape index (κ3) is 5.07. The van der Waals surface area contributed by atoms with Crippen LogP contribution in [0.15, 0.2) is 36.4 Å². The average Bonchev–Trinajstić information content (AvgIpc) is 2.53. The molecule has 7 heteroatoms. The zero-order valence-electron chi connectivity index (χ0n) is 14.1. The summed E-state index contributed by atoms with van der Waals surface area (Å²) in [5.41, 5.74) is 1.39. The number of alkyl halides is 2. The molecule has 1 unspecified atom stereocenters. The van der Waals surface area contributed by atoms with Crippen molar-refractivity contribution in [2.75, 3.05) is 5.32 Å². The van der Waals surface area contributed by atoms with Gasteiger partial charge in [0.1, 0.15) is 5.82 Å². The van der Waals surface area contributed by atoms with Crippen LogP contribution in [0.2, 0.25) is 0 Å². The number of aromatic nitrogens is 1. The quantitative estimate of drug-likeness (QED) is 0.865. The lowest BCUT2D eigenvalue weighted by Crippen LogP contribution is -2.27. The maximum atomic E-state index is 12.8. The topological polar surface area (TPSA) is 71.1 Å². The Morgan fingerprint density at radius 1 is 1.12 bits per heavy atom. The Labute approximate surface area is 144 Å². The number of nitrogens with zero attached hydrogens (tertiary/aromatic N) is 1. The van der Waals surface area contributed by atoms with Crippen molar-refractivity contribution in [1.29, 1.82) is 0 Å². The van der Waals surface area contributed by atoms with Crippen LogP contribution in [0.1, 0.15) is 53.5 Å². The Morgan fingerprint density at radius 3 is 2.44 bits per heavy atom. The fourth-order valence-electron chi connectivity index (χ4n) is 2.37. The van der Waals surface area contributed by atoms with Gasteiger partial charge in [-0.2, -0.15) is 0 Å². The first-order valence-electron chi connectivity index (χ1n) is 7.71. The van der Waals surface area contributed by atoms with Crippen molar-refractivity contribution in [3.05, 3.63) is 58.8 Å². The van der Waals surface area contributed by atoms with E-state index in [1.54, 1.807) is 26.0 Å². The Kier molecular flexibility index (Phi) is 5.80. The van der Waals surface area contributed by atoms with Crippen LogP contribution in [0.3, 0.4) is 0 Å². The fourth-order valence-corrected chi connectivity index (χ4v) is 2.37. The number of nitrogens with one attached hydrogen (secondary N) is 2. The Balaban J connectivity index is 2.17. The fraction of sp³-hybridized carbons (Fsp3) is 0.278. The first-order valence-corrected chi connectivity index (χ1v) is 7.71. The number of halogens is 2. The monoisotopic (exact) mass is 347 g/mol. The van der Waals surface area contributed by atoms with Gasteiger partial charge in [0.25, 0.3) is 12.3 Å². The molecule has 0 spiro atoms. The molecule has 2 aromatic rings. The van der Waals surface area contributed by atoms with E-state index in [1.165, 1.54) is 31.2 Å². The number of hydrogen-bond acceptors (Lipinski definition) is 3. The first-order chi connectivity index (χ1) is 11.8. The minimum Gasteiger partial charge on any atom is -0.346 e. The molecule has 0 aliphatic rings. The van der Waals surface area contributed by atoms with E-state index in [0.29, 0.717) is 16.8 Å². The third-order valence-electron chi connectivity index (χ3n) is 3.53. The van der Waals surface area contributed by atoms with E-state index in [0.717, 1.165) is 0 Å². The molecule has 0 saturated carbocycles. The van der Waals surface area contributed by atoms with Crippen molar-refractivity contribution in [3.63, 3.8) is 0 Å². The lowest BCUT2D eigenvalue weighted by atomic mass is 10.0. The molecule has 2 rings (SSSR count). The van der Waals surface area contributed by atoms with Crippen molar-refractivity contribution in [1.82, 2.24) is 10.3 Å². The SMILES string of the molecule is CC(=O)Nc1cc(C(=O)NC(C)c2cccc(C(F)F)c2)cc(C)n1. The molecule has 25 heavy (non-hydrogen) atoms. The molecule has 0 bridgehead atoms. The smallest absolute Gasteiger partial charge is 0.263 e. The predicted octanol–water partition coefficient (Wildman–Crippen LogP) is 3.78. The number of hydrogen-bond donors (Lipinski definition) is 2. The lowest BCUT2D eigenvalue weighted by molar-refractivity contribution is -0.114. The number of anilines is 1. The van der Waals surface area contributed by atoms with Gasteiger partial charge in [0.2, 0.25) is 5.91 Å². The van der Waals surface area contributed by atoms with Gasteiger partial charge in [0.05, 0.1) is 6.04 Å². The zero-order valence-corrected chi connectivity index (χ0v) is 14.1. The predicted molar refractivity (Wildman–Crippen MR) is 90.6 cm³/mol. The molecule has 0 aliphatic heterocycles. The normalized spacial score (nSPS) is 11.9. The van der Waals surface area contributed by atoms with Crippen LogP contribution < -0.4 is 10.6 Å². The van der Waals surface area contributed by atoms with Crippen molar-refractivity contribution in [2.24, 2.45) is 0 Å². The molecule has 1 aromatic heterocycles. The third-order valence-corrected chi connectivity index (χ3v) is 3.53. The number of carbonyl (C=O) groups excluding carboxylic acids is 2. The second-order valence-corrected chi connectivity index (χ2v) is 5.73. The van der Waals surface area contributed by atoms with E-state index in [4.69, 9.17) is 0 Å². The summed E-state index contributed by atoms with van der Waals surface area (Å²) in [6.07, 6.45) is -2.56. The van der Waals surface area contributed by atoms with Crippen LogP contribution >= 0.6 is 0 Å². The van der Waals surface area contributed by atoms with Gasteiger partial charge >= 0.3 is 0 Å². The van der Waals surface area contributed by atoms with Crippen LogP contribution in [0, 0.1) is 6.92 Å². The van der Waals surface area contributed by atoms with Crippen molar-refractivity contribution in [3.8, 4) is 0 Å². The van der Waals surface area contributed by atoms with Crippen molar-refractivity contribution in [2.45, 2.75) is 33.2 Å². The van der Waals surface area contributed by atoms with Crippen LogP contribution in [-0.2, 0) is 4.79 Å². The molecular formula is C18H19F2N3O2. The maximum Gasteiger partial charge on any atom is 0.263 e. The second kappa shape index (κ2) is 7.83. The van der Waals surface area contributed by atoms with Gasteiger partial charge in [0.15, 0.2) is 0 Å². The highest BCUT2D eigenvalue weighted by molar-refractivity contribution is 5.96. The summed E-state index contributed by atoms with van der Waals surface area (Å²) in [5, 5.41) is 5.29. The Hall–Kier alpha value is -2.83. The van der Waals surface area contributed by atoms with E-state index in [9.17, 15) is 18.4 Å². The van der Waals surface area contributed by atoms with Crippen molar-refractivity contribution >= 4 is 17.6 Å². The maximum absolute atomic E-state index is 12.8. The number of amides is 2. The number of pyridine rings is 1. The molecule has 0 radical (unpaired) electrons. The second-order valence-electron chi connectivity index (χ2n) is 5.73. The molecule has 2 amide bonds. The molecular weight excluding hydrogens is 328 g/mol. The van der Waals surface area contributed by atoms with Gasteiger partial charge < -0.3 is 10.6 Å². The molecule has 0 aliphatic carbocycles. The lowest BCUT2D eigenvalue weighted by Gasteiger charge is -2.16. The number of aryl methyl sites for hydroxylation is 1. The molecule has 0 saturated heterocycles. The van der Waals surface area contributed by atoms with Gasteiger partial charge in [-0.15, -0.1) is 0 Å². The van der Waals surface area contributed by atoms with E-state index >= 15 is 0 Å². The number of benzene rings is 1. The van der Waals surface area contributed by atoms with Crippen LogP contribution in [0.4, 0.5) is 14.6 Å². The van der Waals surface area contributed by atoms with Crippen LogP contribution in [0.5, 0.6) is 0 Å².